The van der Waals surface area contributed by atoms with E-state index in [2.05, 4.69) is 30.6 Å². The molecule has 2 aliphatic carbocycles. The van der Waals surface area contributed by atoms with E-state index < -0.39 is 0 Å². The van der Waals surface area contributed by atoms with Crippen molar-refractivity contribution in [2.75, 3.05) is 33.8 Å². The average Bonchev–Trinajstić information content (AvgIpc) is 3.72. The Kier molecular flexibility index (Phi) is 6.04. The minimum Gasteiger partial charge on any atom is -0.508 e. The Morgan fingerprint density at radius 3 is 2.59 bits per heavy atom. The zero-order valence-corrected chi connectivity index (χ0v) is 22.1. The number of hydrogen-bond donors (Lipinski definition) is 2. The summed E-state index contributed by atoms with van der Waals surface area (Å²) in [6.07, 6.45) is 6.28. The highest BCUT2D eigenvalue weighted by Gasteiger charge is 2.63. The van der Waals surface area contributed by atoms with Gasteiger partial charge in [0.15, 0.2) is 0 Å². The van der Waals surface area contributed by atoms with Gasteiger partial charge in [0.05, 0.1) is 20.1 Å². The first kappa shape index (κ1) is 24.4. The molecule has 4 atom stereocenters. The van der Waals surface area contributed by atoms with Crippen LogP contribution in [0.1, 0.15) is 54.4 Å². The van der Waals surface area contributed by atoms with Gasteiger partial charge in [-0.15, -0.1) is 0 Å². The van der Waals surface area contributed by atoms with E-state index in [4.69, 9.17) is 4.74 Å². The largest absolute Gasteiger partial charge is 0.508 e. The smallest absolute Gasteiger partial charge is 0.251 e. The summed E-state index contributed by atoms with van der Waals surface area (Å²) in [7, 11) is 4.28. The molecule has 1 unspecified atom stereocenters. The second kappa shape index (κ2) is 9.14. The summed E-state index contributed by atoms with van der Waals surface area (Å²) in [5.74, 6) is 1.13. The number of carbonyl (C=O) groups excluding carboxylic acids is 1. The van der Waals surface area contributed by atoms with Crippen molar-refractivity contribution in [3.63, 3.8) is 0 Å². The van der Waals surface area contributed by atoms with Gasteiger partial charge in [-0.2, -0.15) is 0 Å². The van der Waals surface area contributed by atoms with Crippen molar-refractivity contribution in [3.8, 4) is 5.75 Å². The Balaban J connectivity index is 1.30. The number of phenolic OH excluding ortho intramolecular Hbond substituents is 1. The van der Waals surface area contributed by atoms with Gasteiger partial charge in [-0.1, -0.05) is 42.5 Å². The summed E-state index contributed by atoms with van der Waals surface area (Å²) in [5.41, 5.74) is 1.25. The number of likely N-dealkylation sites (N-methyl/N-ethyl adjacent to an activating group) is 1. The lowest BCUT2D eigenvalue weighted by molar-refractivity contribution is -0.925. The lowest BCUT2D eigenvalue weighted by atomic mass is 9.54. The topological polar surface area (TPSA) is 58.6 Å². The molecule has 3 aromatic rings. The maximum Gasteiger partial charge on any atom is 0.251 e. The number of ether oxygens (including phenoxy) is 1. The summed E-state index contributed by atoms with van der Waals surface area (Å²) in [6.45, 7) is 3.28. The van der Waals surface area contributed by atoms with Gasteiger partial charge in [0.2, 0.25) is 0 Å². The van der Waals surface area contributed by atoms with Gasteiger partial charge in [-0.3, -0.25) is 4.79 Å². The van der Waals surface area contributed by atoms with Crippen molar-refractivity contribution in [1.82, 2.24) is 5.32 Å². The van der Waals surface area contributed by atoms with Crippen LogP contribution in [0.25, 0.3) is 10.8 Å². The molecule has 194 valence electrons. The van der Waals surface area contributed by atoms with Crippen LogP contribution < -0.4 is 5.32 Å². The third kappa shape index (κ3) is 4.42. The van der Waals surface area contributed by atoms with Gasteiger partial charge >= 0.3 is 0 Å². The zero-order valence-electron chi connectivity index (χ0n) is 22.1. The van der Waals surface area contributed by atoms with Crippen molar-refractivity contribution in [2.24, 2.45) is 5.92 Å². The summed E-state index contributed by atoms with van der Waals surface area (Å²) >= 11 is 0. The summed E-state index contributed by atoms with van der Waals surface area (Å²) in [6, 6.07) is 21.9. The minimum atomic E-state index is -0.327. The number of aromatic hydroxyl groups is 1. The molecular formula is C32H39N2O3+. The van der Waals surface area contributed by atoms with Crippen LogP contribution in [0.5, 0.6) is 5.75 Å². The maximum absolute atomic E-state index is 13.4. The predicted molar refractivity (Wildman–Crippen MR) is 147 cm³/mol. The van der Waals surface area contributed by atoms with Crippen molar-refractivity contribution < 1.29 is 19.1 Å². The Morgan fingerprint density at radius 1 is 1.03 bits per heavy atom. The number of phenols is 1. The molecule has 37 heavy (non-hydrogen) atoms. The Hall–Kier alpha value is -2.89. The molecule has 1 heterocycles. The standard InChI is InChI=1S/C32H38N2O3/c1-34(21-23-10-11-23)17-16-31(27-8-5-9-29(35)19-27)20-28(14-15-32(31,22-34)37-2)33-30(36)26-13-12-24-6-3-4-7-25(24)18-26/h3-9,12-13,18-19,23,28H,10-11,14-17,20-22H2,1-2H3,(H-,33,35,36)/p+1/t28-,31-,32?,34+/m0/s1. The van der Waals surface area contributed by atoms with Crippen LogP contribution >= 0.6 is 0 Å². The van der Waals surface area contributed by atoms with Crippen LogP contribution in [0.4, 0.5) is 0 Å². The highest BCUT2D eigenvalue weighted by molar-refractivity contribution is 5.98. The lowest BCUT2D eigenvalue weighted by Gasteiger charge is -2.61. The number of likely N-dealkylation sites (tertiary alicyclic amines) is 1. The molecule has 0 bridgehead atoms. The van der Waals surface area contributed by atoms with E-state index in [-0.39, 0.29) is 23.0 Å². The number of benzene rings is 3. The van der Waals surface area contributed by atoms with Crippen LogP contribution in [0.2, 0.25) is 0 Å². The molecule has 5 nitrogen and oxygen atoms in total. The number of rotatable bonds is 6. The molecule has 1 aliphatic heterocycles. The Bertz CT molecular complexity index is 1320. The zero-order chi connectivity index (χ0) is 25.7. The first-order valence-corrected chi connectivity index (χ1v) is 13.8. The first-order chi connectivity index (χ1) is 17.8. The molecule has 6 rings (SSSR count). The quantitative estimate of drug-likeness (QED) is 0.446. The number of quaternary nitrogens is 1. The average molecular weight is 500 g/mol. The van der Waals surface area contributed by atoms with Crippen LogP contribution in [0, 0.1) is 5.92 Å². The van der Waals surface area contributed by atoms with Gasteiger partial charge in [0.1, 0.15) is 17.9 Å². The van der Waals surface area contributed by atoms with E-state index in [9.17, 15) is 9.90 Å². The molecule has 2 N–H and O–H groups in total. The monoisotopic (exact) mass is 499 g/mol. The van der Waals surface area contributed by atoms with Crippen molar-refractivity contribution >= 4 is 16.7 Å². The van der Waals surface area contributed by atoms with Crippen LogP contribution in [0.3, 0.4) is 0 Å². The summed E-state index contributed by atoms with van der Waals surface area (Å²) < 4.78 is 7.60. The van der Waals surface area contributed by atoms with Crippen molar-refractivity contribution in [3.05, 3.63) is 77.9 Å². The van der Waals surface area contributed by atoms with Crippen molar-refractivity contribution in [1.29, 1.82) is 0 Å². The molecule has 0 spiro atoms. The molecule has 1 amide bonds. The number of fused-ring (bicyclic) bond motifs is 2. The maximum atomic E-state index is 13.4. The predicted octanol–water partition coefficient (Wildman–Crippen LogP) is 5.41. The SMILES string of the molecule is COC12CC[C@H](NC(=O)c3ccc4ccccc4c3)C[C@]1(c1cccc(O)c1)CC[N@+](C)(CC1CC1)C2. The highest BCUT2D eigenvalue weighted by atomic mass is 16.5. The van der Waals surface area contributed by atoms with E-state index >= 15 is 0 Å². The van der Waals surface area contributed by atoms with Crippen molar-refractivity contribution in [2.45, 2.75) is 55.6 Å². The van der Waals surface area contributed by atoms with Gasteiger partial charge in [-0.25, -0.2) is 0 Å². The highest BCUT2D eigenvalue weighted by Crippen LogP contribution is 2.55. The number of piperidine rings is 1. The molecule has 3 fully saturated rings. The molecule has 5 heteroatoms. The molecule has 1 saturated heterocycles. The van der Waals surface area contributed by atoms with Crippen LogP contribution in [-0.4, -0.2) is 60.9 Å². The van der Waals surface area contributed by atoms with E-state index in [1.165, 1.54) is 19.4 Å². The summed E-state index contributed by atoms with van der Waals surface area (Å²) in [4.78, 5) is 13.4. The van der Waals surface area contributed by atoms with E-state index in [1.807, 2.05) is 49.6 Å². The van der Waals surface area contributed by atoms with Gasteiger partial charge < -0.3 is 19.6 Å². The second-order valence-electron chi connectivity index (χ2n) is 12.2. The molecule has 0 radical (unpaired) electrons. The fourth-order valence-electron chi connectivity index (χ4n) is 7.56. The van der Waals surface area contributed by atoms with Gasteiger partial charge in [0, 0.05) is 36.5 Å². The fourth-order valence-corrected chi connectivity index (χ4v) is 7.56. The summed E-state index contributed by atoms with van der Waals surface area (Å²) in [5, 5.41) is 16.0. The van der Waals surface area contributed by atoms with Gasteiger partial charge in [-0.05, 0) is 72.7 Å². The fraction of sp³-hybridized carbons (Fsp3) is 0.469. The third-order valence-corrected chi connectivity index (χ3v) is 9.61. The van der Waals surface area contributed by atoms with Crippen LogP contribution in [-0.2, 0) is 10.2 Å². The number of amides is 1. The lowest BCUT2D eigenvalue weighted by Crippen LogP contribution is -2.72. The Labute approximate surface area is 220 Å². The second-order valence-corrected chi connectivity index (χ2v) is 12.2. The number of hydrogen-bond acceptors (Lipinski definition) is 3. The number of methoxy groups -OCH3 is 1. The molecule has 2 saturated carbocycles. The number of nitrogens with one attached hydrogen (secondary N) is 1. The number of nitrogens with zero attached hydrogens (tertiary/aromatic N) is 1. The Morgan fingerprint density at radius 2 is 1.84 bits per heavy atom. The van der Waals surface area contributed by atoms with E-state index in [0.717, 1.165) is 65.5 Å². The first-order valence-electron chi connectivity index (χ1n) is 13.8. The number of carbonyl (C=O) groups is 1. The minimum absolute atomic E-state index is 0.0168. The van der Waals surface area contributed by atoms with E-state index in [1.54, 1.807) is 6.07 Å². The van der Waals surface area contributed by atoms with Gasteiger partial charge in [0.25, 0.3) is 5.91 Å². The molecule has 3 aromatic carbocycles. The van der Waals surface area contributed by atoms with E-state index in [0.29, 0.717) is 11.3 Å². The normalized spacial score (nSPS) is 31.6. The molecule has 0 aromatic heterocycles. The van der Waals surface area contributed by atoms with Crippen LogP contribution in [0.15, 0.2) is 66.7 Å². The molecule has 3 aliphatic rings. The third-order valence-electron chi connectivity index (χ3n) is 9.61. The molecular weight excluding hydrogens is 460 g/mol.